The zero-order chi connectivity index (χ0) is 20.0. The van der Waals surface area contributed by atoms with Crippen LogP contribution in [0.25, 0.3) is 0 Å². The van der Waals surface area contributed by atoms with E-state index in [-0.39, 0.29) is 29.6 Å². The molecule has 0 aliphatic rings. The molecule has 5 nitrogen and oxygen atoms in total. The van der Waals surface area contributed by atoms with Gasteiger partial charge in [0.25, 0.3) is 0 Å². The fourth-order valence-corrected chi connectivity index (χ4v) is 3.86. The highest BCUT2D eigenvalue weighted by atomic mass is 32.2. The number of hydrogen-bond donors (Lipinski definition) is 1. The van der Waals surface area contributed by atoms with Crippen molar-refractivity contribution in [2.75, 3.05) is 6.54 Å². The maximum Gasteiger partial charge on any atom is 0.243 e. The van der Waals surface area contributed by atoms with Crippen LogP contribution in [0.15, 0.2) is 53.4 Å². The summed E-state index contributed by atoms with van der Waals surface area (Å²) in [7, 11) is -3.96. The van der Waals surface area contributed by atoms with Gasteiger partial charge in [0.1, 0.15) is 5.82 Å². The minimum absolute atomic E-state index is 0.0702. The molecular weight excluding hydrogens is 367 g/mol. The van der Waals surface area contributed by atoms with Gasteiger partial charge in [-0.3, -0.25) is 4.79 Å². The second-order valence-corrected chi connectivity index (χ2v) is 8.49. The van der Waals surface area contributed by atoms with E-state index < -0.39 is 21.7 Å². The van der Waals surface area contributed by atoms with Crippen LogP contribution in [0.2, 0.25) is 0 Å². The summed E-state index contributed by atoms with van der Waals surface area (Å²) in [6, 6.07) is 12.2. The lowest BCUT2D eigenvalue weighted by molar-refractivity contribution is -0.122. The van der Waals surface area contributed by atoms with Crippen LogP contribution in [0.4, 0.5) is 4.39 Å². The number of carbonyl (C=O) groups excluding carboxylic acids is 1. The van der Waals surface area contributed by atoms with Gasteiger partial charge in [-0.1, -0.05) is 42.8 Å². The quantitative estimate of drug-likeness (QED) is 0.750. The van der Waals surface area contributed by atoms with Crippen molar-refractivity contribution in [3.05, 3.63) is 65.5 Å². The number of amides is 1. The topological polar surface area (TPSA) is 66.5 Å². The number of nitrogens with zero attached hydrogens (tertiary/aromatic N) is 1. The molecule has 0 bridgehead atoms. The van der Waals surface area contributed by atoms with Gasteiger partial charge >= 0.3 is 0 Å². The number of sulfonamides is 1. The predicted molar refractivity (Wildman–Crippen MR) is 103 cm³/mol. The standard InChI is InChI=1S/C20H25FN2O3S/c1-4-16(3)22-20(24)14-23(13-17-7-5-6-8-19(17)21)27(25,26)18-11-9-15(2)10-12-18/h5-12,16H,4,13-14H2,1-3H3,(H,22,24)/t16-/m1/s1. The van der Waals surface area contributed by atoms with Gasteiger partial charge in [0.15, 0.2) is 0 Å². The molecule has 0 radical (unpaired) electrons. The Hall–Kier alpha value is -2.25. The second-order valence-electron chi connectivity index (χ2n) is 6.55. The minimum atomic E-state index is -3.96. The van der Waals surface area contributed by atoms with E-state index in [1.807, 2.05) is 20.8 Å². The van der Waals surface area contributed by atoms with Gasteiger partial charge in [0.2, 0.25) is 15.9 Å². The molecule has 0 heterocycles. The van der Waals surface area contributed by atoms with Crippen molar-refractivity contribution in [3.63, 3.8) is 0 Å². The molecule has 0 saturated heterocycles. The maximum atomic E-state index is 14.1. The maximum absolute atomic E-state index is 14.1. The van der Waals surface area contributed by atoms with Gasteiger partial charge in [0, 0.05) is 18.2 Å². The Kier molecular flexibility index (Phi) is 7.10. The first-order valence-electron chi connectivity index (χ1n) is 8.83. The molecule has 0 fully saturated rings. The summed E-state index contributed by atoms with van der Waals surface area (Å²) < 4.78 is 41.2. The number of carbonyl (C=O) groups is 1. The first-order valence-corrected chi connectivity index (χ1v) is 10.3. The van der Waals surface area contributed by atoms with E-state index in [0.717, 1.165) is 16.3 Å². The average Bonchev–Trinajstić information content (AvgIpc) is 2.63. The summed E-state index contributed by atoms with van der Waals surface area (Å²) >= 11 is 0. The lowest BCUT2D eigenvalue weighted by Gasteiger charge is -2.23. The highest BCUT2D eigenvalue weighted by Crippen LogP contribution is 2.20. The molecule has 146 valence electrons. The van der Waals surface area contributed by atoms with Crippen LogP contribution in [-0.2, 0) is 21.4 Å². The van der Waals surface area contributed by atoms with E-state index in [9.17, 15) is 17.6 Å². The summed E-state index contributed by atoms with van der Waals surface area (Å²) in [4.78, 5) is 12.4. The van der Waals surface area contributed by atoms with Crippen molar-refractivity contribution in [2.45, 2.75) is 44.7 Å². The van der Waals surface area contributed by atoms with Crippen LogP contribution in [0, 0.1) is 12.7 Å². The van der Waals surface area contributed by atoms with Gasteiger partial charge < -0.3 is 5.32 Å². The summed E-state index contributed by atoms with van der Waals surface area (Å²) in [5.74, 6) is -0.930. The van der Waals surface area contributed by atoms with Crippen molar-refractivity contribution in [2.24, 2.45) is 0 Å². The lowest BCUT2D eigenvalue weighted by Crippen LogP contribution is -2.43. The third kappa shape index (κ3) is 5.61. The van der Waals surface area contributed by atoms with E-state index in [0.29, 0.717) is 0 Å². The summed E-state index contributed by atoms with van der Waals surface area (Å²) in [6.45, 7) is 5.01. The van der Waals surface area contributed by atoms with Crippen LogP contribution in [0.3, 0.4) is 0 Å². The Balaban J connectivity index is 2.34. The number of hydrogen-bond acceptors (Lipinski definition) is 3. The lowest BCUT2D eigenvalue weighted by atomic mass is 10.2. The number of rotatable bonds is 8. The van der Waals surface area contributed by atoms with Crippen molar-refractivity contribution in [1.82, 2.24) is 9.62 Å². The molecule has 1 N–H and O–H groups in total. The molecule has 1 amide bonds. The van der Waals surface area contributed by atoms with Gasteiger partial charge in [-0.2, -0.15) is 4.31 Å². The molecule has 0 aromatic heterocycles. The largest absolute Gasteiger partial charge is 0.353 e. The number of halogens is 1. The van der Waals surface area contributed by atoms with Gasteiger partial charge in [-0.15, -0.1) is 0 Å². The van der Waals surface area contributed by atoms with E-state index in [1.54, 1.807) is 18.2 Å². The van der Waals surface area contributed by atoms with Crippen LogP contribution in [-0.4, -0.2) is 31.2 Å². The van der Waals surface area contributed by atoms with Crippen LogP contribution in [0.1, 0.15) is 31.4 Å². The molecule has 2 rings (SSSR count). The molecule has 1 atom stereocenters. The Morgan fingerprint density at radius 3 is 2.37 bits per heavy atom. The summed E-state index contributed by atoms with van der Waals surface area (Å²) in [5, 5.41) is 2.75. The minimum Gasteiger partial charge on any atom is -0.353 e. The van der Waals surface area contributed by atoms with Crippen LogP contribution in [0.5, 0.6) is 0 Å². The van der Waals surface area contributed by atoms with E-state index in [1.165, 1.54) is 30.3 Å². The molecule has 0 aliphatic carbocycles. The van der Waals surface area contributed by atoms with Gasteiger partial charge in [0.05, 0.1) is 11.4 Å². The third-order valence-corrected chi connectivity index (χ3v) is 6.11. The van der Waals surface area contributed by atoms with Crippen molar-refractivity contribution >= 4 is 15.9 Å². The van der Waals surface area contributed by atoms with E-state index in [2.05, 4.69) is 5.32 Å². The zero-order valence-electron chi connectivity index (χ0n) is 15.8. The first-order chi connectivity index (χ1) is 12.7. The normalized spacial score (nSPS) is 12.8. The number of nitrogens with one attached hydrogen (secondary N) is 1. The van der Waals surface area contributed by atoms with Crippen molar-refractivity contribution < 1.29 is 17.6 Å². The van der Waals surface area contributed by atoms with Gasteiger partial charge in [-0.25, -0.2) is 12.8 Å². The second kappa shape index (κ2) is 9.10. The fraction of sp³-hybridized carbons (Fsp3) is 0.350. The third-order valence-electron chi connectivity index (χ3n) is 4.30. The Labute approximate surface area is 160 Å². The van der Waals surface area contributed by atoms with Crippen molar-refractivity contribution in [3.8, 4) is 0 Å². The molecule has 0 spiro atoms. The molecular formula is C20H25FN2O3S. The van der Waals surface area contributed by atoms with Crippen LogP contribution < -0.4 is 5.32 Å². The van der Waals surface area contributed by atoms with Crippen molar-refractivity contribution in [1.29, 1.82) is 0 Å². The van der Waals surface area contributed by atoms with Gasteiger partial charge in [-0.05, 0) is 38.5 Å². The molecule has 2 aromatic rings. The van der Waals surface area contributed by atoms with E-state index >= 15 is 0 Å². The average molecular weight is 392 g/mol. The summed E-state index contributed by atoms with van der Waals surface area (Å²) in [5.41, 5.74) is 1.13. The number of benzene rings is 2. The Morgan fingerprint density at radius 2 is 1.78 bits per heavy atom. The first kappa shape index (κ1) is 21.1. The monoisotopic (exact) mass is 392 g/mol. The van der Waals surface area contributed by atoms with Crippen LogP contribution >= 0.6 is 0 Å². The fourth-order valence-electron chi connectivity index (χ4n) is 2.48. The molecule has 0 unspecified atom stereocenters. The SMILES string of the molecule is CC[C@@H](C)NC(=O)CN(Cc1ccccc1F)S(=O)(=O)c1ccc(C)cc1. The molecule has 0 aliphatic heterocycles. The molecule has 2 aromatic carbocycles. The molecule has 0 saturated carbocycles. The Morgan fingerprint density at radius 1 is 1.15 bits per heavy atom. The predicted octanol–water partition coefficient (Wildman–Crippen LogP) is 3.24. The summed E-state index contributed by atoms with van der Waals surface area (Å²) in [6.07, 6.45) is 0.726. The Bertz CT molecular complexity index is 882. The highest BCUT2D eigenvalue weighted by molar-refractivity contribution is 7.89. The molecule has 7 heteroatoms. The number of aryl methyl sites for hydroxylation is 1. The van der Waals surface area contributed by atoms with E-state index in [4.69, 9.17) is 0 Å². The highest BCUT2D eigenvalue weighted by Gasteiger charge is 2.28. The smallest absolute Gasteiger partial charge is 0.243 e. The zero-order valence-corrected chi connectivity index (χ0v) is 16.6. The molecule has 27 heavy (non-hydrogen) atoms.